The lowest BCUT2D eigenvalue weighted by molar-refractivity contribution is -0.120. The van der Waals surface area contributed by atoms with E-state index < -0.39 is 23.4 Å². The number of nitrogens with zero attached hydrogens (tertiary/aromatic N) is 1. The SMILES string of the molecule is CCCCCCCC/C=C\CCCCCCCC(=O)N=C(C(N)=O)C(N)=O. The summed E-state index contributed by atoms with van der Waals surface area (Å²) in [5.41, 5.74) is 9.21. The molecule has 0 aliphatic carbocycles. The van der Waals surface area contributed by atoms with Crippen LogP contribution in [0.15, 0.2) is 17.1 Å². The van der Waals surface area contributed by atoms with Crippen molar-refractivity contribution in [2.24, 2.45) is 16.5 Å². The van der Waals surface area contributed by atoms with Gasteiger partial charge in [0.1, 0.15) is 0 Å². The predicted molar refractivity (Wildman–Crippen MR) is 110 cm³/mol. The maximum Gasteiger partial charge on any atom is 0.273 e. The molecule has 0 unspecified atom stereocenters. The van der Waals surface area contributed by atoms with Crippen molar-refractivity contribution >= 4 is 23.4 Å². The van der Waals surface area contributed by atoms with Crippen LogP contribution >= 0.6 is 0 Å². The molecule has 0 bridgehead atoms. The number of allylic oxidation sites excluding steroid dienone is 2. The standard InChI is InChI=1S/C21H37N3O3/c1-2-3-4-5-6-7-8-9-10-11-12-13-14-15-16-17-18(25)24-19(20(22)26)21(23)27/h9-10H,2-8,11-17H2,1H3,(H2,22,26)(H2,23,27)/b10-9-. The van der Waals surface area contributed by atoms with Crippen LogP contribution in [0.4, 0.5) is 0 Å². The second kappa shape index (κ2) is 17.4. The second-order valence-electron chi connectivity index (χ2n) is 6.92. The van der Waals surface area contributed by atoms with E-state index in [2.05, 4.69) is 24.1 Å². The first-order chi connectivity index (χ1) is 13.0. The normalized spacial score (nSPS) is 10.9. The van der Waals surface area contributed by atoms with Gasteiger partial charge in [0.05, 0.1) is 0 Å². The predicted octanol–water partition coefficient (Wildman–Crippen LogP) is 3.96. The van der Waals surface area contributed by atoms with Crippen molar-refractivity contribution < 1.29 is 14.4 Å². The van der Waals surface area contributed by atoms with E-state index in [0.717, 1.165) is 32.1 Å². The number of carbonyl (C=O) groups is 3. The summed E-state index contributed by atoms with van der Waals surface area (Å²) in [5, 5.41) is 0. The number of amides is 3. The molecule has 154 valence electrons. The first kappa shape index (κ1) is 25.0. The number of carbonyl (C=O) groups excluding carboxylic acids is 3. The highest BCUT2D eigenvalue weighted by Crippen LogP contribution is 2.10. The number of primary amides is 2. The summed E-state index contributed by atoms with van der Waals surface area (Å²) in [6.07, 6.45) is 20.1. The minimum atomic E-state index is -1.07. The van der Waals surface area contributed by atoms with Crippen molar-refractivity contribution in [1.29, 1.82) is 0 Å². The van der Waals surface area contributed by atoms with Gasteiger partial charge >= 0.3 is 0 Å². The minimum Gasteiger partial charge on any atom is -0.364 e. The van der Waals surface area contributed by atoms with Crippen molar-refractivity contribution in [3.8, 4) is 0 Å². The highest BCUT2D eigenvalue weighted by Gasteiger charge is 2.15. The molecule has 0 aliphatic rings. The van der Waals surface area contributed by atoms with Gasteiger partial charge in [0.25, 0.3) is 11.8 Å². The van der Waals surface area contributed by atoms with Gasteiger partial charge in [-0.15, -0.1) is 0 Å². The molecule has 6 heteroatoms. The van der Waals surface area contributed by atoms with Gasteiger partial charge in [0.15, 0.2) is 5.71 Å². The van der Waals surface area contributed by atoms with E-state index in [1.165, 1.54) is 44.9 Å². The molecule has 27 heavy (non-hydrogen) atoms. The molecule has 0 rings (SSSR count). The number of aliphatic imine (C=N–C) groups is 1. The Bertz CT molecular complexity index is 483. The first-order valence-electron chi connectivity index (χ1n) is 10.3. The summed E-state index contributed by atoms with van der Waals surface area (Å²) in [6, 6.07) is 0. The fourth-order valence-corrected chi connectivity index (χ4v) is 2.76. The number of rotatable bonds is 17. The van der Waals surface area contributed by atoms with Gasteiger partial charge in [0, 0.05) is 6.42 Å². The van der Waals surface area contributed by atoms with E-state index >= 15 is 0 Å². The van der Waals surface area contributed by atoms with Crippen molar-refractivity contribution in [3.63, 3.8) is 0 Å². The largest absolute Gasteiger partial charge is 0.364 e. The topological polar surface area (TPSA) is 116 Å². The molecule has 0 heterocycles. The molecule has 3 amide bonds. The second-order valence-corrected chi connectivity index (χ2v) is 6.92. The van der Waals surface area contributed by atoms with Crippen LogP contribution in [-0.4, -0.2) is 23.4 Å². The van der Waals surface area contributed by atoms with Crippen molar-refractivity contribution in [1.82, 2.24) is 0 Å². The molecule has 0 saturated carbocycles. The molecule has 0 aromatic carbocycles. The van der Waals surface area contributed by atoms with Gasteiger partial charge in [0.2, 0.25) is 5.91 Å². The van der Waals surface area contributed by atoms with Crippen LogP contribution in [-0.2, 0) is 14.4 Å². The summed E-state index contributed by atoms with van der Waals surface area (Å²) in [7, 11) is 0. The van der Waals surface area contributed by atoms with Crippen LogP contribution in [0.2, 0.25) is 0 Å². The third-order valence-electron chi connectivity index (χ3n) is 4.36. The number of nitrogens with two attached hydrogens (primary N) is 2. The summed E-state index contributed by atoms with van der Waals surface area (Å²) in [5.74, 6) is -2.67. The molecule has 0 aliphatic heterocycles. The van der Waals surface area contributed by atoms with E-state index in [9.17, 15) is 14.4 Å². The molecular weight excluding hydrogens is 342 g/mol. The van der Waals surface area contributed by atoms with Crippen LogP contribution in [0.5, 0.6) is 0 Å². The molecule has 0 atom stereocenters. The Hall–Kier alpha value is -1.98. The summed E-state index contributed by atoms with van der Waals surface area (Å²) >= 11 is 0. The zero-order chi connectivity index (χ0) is 20.3. The third-order valence-corrected chi connectivity index (χ3v) is 4.36. The smallest absolute Gasteiger partial charge is 0.273 e. The molecule has 0 fully saturated rings. The lowest BCUT2D eigenvalue weighted by Crippen LogP contribution is -2.36. The average Bonchev–Trinajstić information content (AvgIpc) is 2.62. The average molecular weight is 380 g/mol. The molecule has 0 saturated heterocycles. The fraction of sp³-hybridized carbons (Fsp3) is 0.714. The van der Waals surface area contributed by atoms with Crippen molar-refractivity contribution in [2.75, 3.05) is 0 Å². The maximum absolute atomic E-state index is 11.6. The monoisotopic (exact) mass is 379 g/mol. The zero-order valence-corrected chi connectivity index (χ0v) is 16.9. The maximum atomic E-state index is 11.6. The highest BCUT2D eigenvalue weighted by atomic mass is 16.2. The van der Waals surface area contributed by atoms with Crippen molar-refractivity contribution in [3.05, 3.63) is 12.2 Å². The van der Waals surface area contributed by atoms with Gasteiger partial charge in [-0.25, -0.2) is 4.99 Å². The fourth-order valence-electron chi connectivity index (χ4n) is 2.76. The number of hydrogen-bond donors (Lipinski definition) is 2. The van der Waals surface area contributed by atoms with E-state index in [4.69, 9.17) is 11.5 Å². The van der Waals surface area contributed by atoms with Gasteiger partial charge in [-0.3, -0.25) is 14.4 Å². The highest BCUT2D eigenvalue weighted by molar-refractivity contribution is 6.65. The Morgan fingerprint density at radius 1 is 0.704 bits per heavy atom. The lowest BCUT2D eigenvalue weighted by atomic mass is 10.1. The molecule has 0 aromatic heterocycles. The molecule has 4 N–H and O–H groups in total. The molecule has 0 spiro atoms. The van der Waals surface area contributed by atoms with E-state index in [0.29, 0.717) is 6.42 Å². The van der Waals surface area contributed by atoms with Crippen LogP contribution in [0, 0.1) is 0 Å². The Labute approximate surface area is 163 Å². The summed E-state index contributed by atoms with van der Waals surface area (Å²) in [4.78, 5) is 36.8. The Kier molecular flexibility index (Phi) is 16.2. The van der Waals surface area contributed by atoms with Gasteiger partial charge in [-0.2, -0.15) is 0 Å². The Morgan fingerprint density at radius 3 is 1.63 bits per heavy atom. The van der Waals surface area contributed by atoms with Gasteiger partial charge in [-0.05, 0) is 32.1 Å². The molecule has 0 aromatic rings. The van der Waals surface area contributed by atoms with E-state index in [-0.39, 0.29) is 6.42 Å². The summed E-state index contributed by atoms with van der Waals surface area (Å²) < 4.78 is 0. The number of unbranched alkanes of at least 4 members (excludes halogenated alkanes) is 11. The summed E-state index contributed by atoms with van der Waals surface area (Å²) in [6.45, 7) is 2.24. The van der Waals surface area contributed by atoms with Crippen molar-refractivity contribution in [2.45, 2.75) is 96.8 Å². The zero-order valence-electron chi connectivity index (χ0n) is 16.9. The Morgan fingerprint density at radius 2 is 1.15 bits per heavy atom. The quantitative estimate of drug-likeness (QED) is 0.172. The third kappa shape index (κ3) is 16.0. The van der Waals surface area contributed by atoms with Crippen LogP contribution in [0.25, 0.3) is 0 Å². The van der Waals surface area contributed by atoms with Crippen LogP contribution in [0.3, 0.4) is 0 Å². The minimum absolute atomic E-state index is 0.197. The molecule has 6 nitrogen and oxygen atoms in total. The van der Waals surface area contributed by atoms with Gasteiger partial charge < -0.3 is 11.5 Å². The molecule has 0 radical (unpaired) electrons. The Balaban J connectivity index is 3.55. The van der Waals surface area contributed by atoms with E-state index in [1.54, 1.807) is 0 Å². The van der Waals surface area contributed by atoms with Crippen LogP contribution < -0.4 is 11.5 Å². The first-order valence-corrected chi connectivity index (χ1v) is 10.3. The van der Waals surface area contributed by atoms with Gasteiger partial charge in [-0.1, -0.05) is 70.4 Å². The molecular formula is C21H37N3O3. The van der Waals surface area contributed by atoms with Crippen LogP contribution in [0.1, 0.15) is 96.8 Å². The van der Waals surface area contributed by atoms with E-state index in [1.807, 2.05) is 0 Å². The number of hydrogen-bond acceptors (Lipinski definition) is 3. The lowest BCUT2D eigenvalue weighted by Gasteiger charge is -2.00.